The van der Waals surface area contributed by atoms with Crippen molar-refractivity contribution in [1.82, 2.24) is 5.32 Å². The van der Waals surface area contributed by atoms with Crippen LogP contribution < -0.4 is 5.32 Å². The second-order valence-electron chi connectivity index (χ2n) is 29.7. The van der Waals surface area contributed by atoms with E-state index in [1.54, 1.807) is 36.4 Å². The van der Waals surface area contributed by atoms with Gasteiger partial charge in [0.25, 0.3) is 9.70 Å². The fourth-order valence-electron chi connectivity index (χ4n) is 14.4. The molecule has 8 aromatic carbocycles. The predicted octanol–water partition coefficient (Wildman–Crippen LogP) is 14.1. The van der Waals surface area contributed by atoms with Gasteiger partial charge in [-0.3, -0.25) is 24.0 Å². The molecule has 0 saturated carbocycles. The van der Waals surface area contributed by atoms with E-state index in [4.69, 9.17) is 199 Å². The summed E-state index contributed by atoms with van der Waals surface area (Å²) in [6, 6.07) is 46.1. The van der Waals surface area contributed by atoms with Crippen molar-refractivity contribution < 1.29 is 147 Å². The first kappa shape index (κ1) is 98.6. The standard InChI is InChI=1S/C90H78Cl9NO31/c1-44(101)112-40-62-68(117-45(2)102)72(118-46(3)103)76(119-47(4)104)87(122-62)130-71-66(100-89(111)90(97,98)99)85(120-65-43-116-84(128-67(65)71)55-25-37-61(96)38-26-55)131-74-69(124-80(107)49-13-9-6-10-14-49)63(41-113-78(105)50-15-27-56(91)28-16-50)123-88(77(74)127-83(110)54-23-35-60(95)36-24-54)129-70-64(42-114-79(106)51-17-29-57(92)30-18-51)121-86(115-39-48-11-7-5-8-12-48)75(126-82(109)53-21-33-59(94)34-22-53)73(70)125-81(108)52-19-31-58(93)32-20-52/h5-38,62-77,84-88H,39-43H2,1-4H3,(H,100,111)/t62-,63-,64-,65-,66-,67-,68+,69+,70-,71-,72+,73+,74+,75-,76-,77-,84-,85+,86-,87+,88+/m1/s1. The predicted molar refractivity (Wildman–Crippen MR) is 462 cm³/mol. The van der Waals surface area contributed by atoms with Crippen molar-refractivity contribution in [2.24, 2.45) is 0 Å². The Balaban J connectivity index is 1.04. The van der Waals surface area contributed by atoms with Crippen molar-refractivity contribution in [2.45, 2.75) is 167 Å². The van der Waals surface area contributed by atoms with Gasteiger partial charge in [0.15, 0.2) is 74.2 Å². The van der Waals surface area contributed by atoms with Crippen molar-refractivity contribution in [3.05, 3.63) is 281 Å². The molecule has 21 atom stereocenters. The maximum absolute atomic E-state index is 15.8. The van der Waals surface area contributed by atoms with Crippen molar-refractivity contribution in [2.75, 3.05) is 26.4 Å². The smallest absolute Gasteiger partial charge is 0.338 e. The maximum Gasteiger partial charge on any atom is 0.338 e. The number of halogens is 9. The Morgan fingerprint density at radius 3 is 1.13 bits per heavy atom. The van der Waals surface area contributed by atoms with E-state index in [9.17, 15) is 28.8 Å². The van der Waals surface area contributed by atoms with Gasteiger partial charge in [-0.25, -0.2) is 28.8 Å². The van der Waals surface area contributed by atoms with Gasteiger partial charge in [0.05, 0.1) is 46.6 Å². The molecule has 1 amide bonds. The molecule has 5 fully saturated rings. The number of esters is 10. The first-order valence-corrected chi connectivity index (χ1v) is 43.4. The quantitative estimate of drug-likeness (QED) is 0.0248. The summed E-state index contributed by atoms with van der Waals surface area (Å²) in [6.45, 7) is 0.129. The summed E-state index contributed by atoms with van der Waals surface area (Å²) in [7, 11) is 0. The molecule has 8 aromatic rings. The van der Waals surface area contributed by atoms with Crippen molar-refractivity contribution in [3.8, 4) is 0 Å². The highest BCUT2D eigenvalue weighted by atomic mass is 35.6. The summed E-state index contributed by atoms with van der Waals surface area (Å²) in [4.78, 5) is 159. The number of benzene rings is 8. The Hall–Kier alpha value is -9.86. The van der Waals surface area contributed by atoms with Crippen LogP contribution in [0.15, 0.2) is 206 Å². The molecule has 0 spiro atoms. The minimum absolute atomic E-state index is 0.0742. The van der Waals surface area contributed by atoms with Gasteiger partial charge in [0.1, 0.15) is 74.7 Å². The first-order chi connectivity index (χ1) is 62.7. The number of hydrogen-bond donors (Lipinski definition) is 1. The Morgan fingerprint density at radius 1 is 0.336 bits per heavy atom. The molecule has 0 radical (unpaired) electrons. The van der Waals surface area contributed by atoms with Gasteiger partial charge in [0, 0.05) is 63.4 Å². The van der Waals surface area contributed by atoms with Gasteiger partial charge >= 0.3 is 59.7 Å². The molecule has 32 nitrogen and oxygen atoms in total. The SMILES string of the molecule is CC(=O)OC[C@H]1O[C@@H](O[C@@H]2[C@@H](NC(=O)C(Cl)(Cl)Cl)[C@H](O[C@H]3[C@@H](OC(=O)c4ccccc4)[C@@H](COC(=O)c4ccc(Cl)cc4)O[C@@H](O[C@H]4[C@H](OC(=O)c5ccc(Cl)cc5)[C@@H](OC(=O)c5ccc(Cl)cc5)[C@H](OCc5ccccc5)O[C@@H]4COC(=O)c4ccc(Cl)cc4)[C@@H]3OC(=O)c3ccc(Cl)cc3)O[C@@H]3CO[C@@H](c4ccc(Cl)cc4)O[C@@H]23)[C@H](OC(C)=O)[C@@H](OC(C)=O)[C@H]1OC(C)=O. The van der Waals surface area contributed by atoms with Crippen molar-refractivity contribution in [1.29, 1.82) is 0 Å². The monoisotopic (exact) mass is 1980 g/mol. The summed E-state index contributed by atoms with van der Waals surface area (Å²) >= 11 is 58.0. The number of hydrogen-bond acceptors (Lipinski definition) is 31. The Bertz CT molecular complexity index is 5350. The molecular weight excluding hydrogens is 1910 g/mol. The lowest BCUT2D eigenvalue weighted by atomic mass is 9.93. The second-order valence-corrected chi connectivity index (χ2v) is 34.6. The molecule has 5 aliphatic rings. The average molecular weight is 1990 g/mol. The molecule has 0 aromatic heterocycles. The van der Waals surface area contributed by atoms with Crippen LogP contribution in [0, 0.1) is 0 Å². The fraction of sp³-hybridized carbons (Fsp3) is 0.344. The van der Waals surface area contributed by atoms with Gasteiger partial charge in [-0.05, 0) is 151 Å². The van der Waals surface area contributed by atoms with Crippen LogP contribution in [0.25, 0.3) is 0 Å². The maximum atomic E-state index is 15.8. The normalized spacial score (nSPS) is 26.3. The molecule has 13 rings (SSSR count). The summed E-state index contributed by atoms with van der Waals surface area (Å²) < 4.78 is 128. The first-order valence-electron chi connectivity index (χ1n) is 40.0. The molecule has 0 aliphatic carbocycles. The number of ether oxygens (including phenoxy) is 20. The number of amides is 1. The third-order valence-corrected chi connectivity index (χ3v) is 22.5. The number of carbonyl (C=O) groups is 11. The second kappa shape index (κ2) is 45.2. The van der Waals surface area contributed by atoms with Crippen LogP contribution >= 0.6 is 104 Å². The topological polar surface area (TPSA) is 384 Å². The van der Waals surface area contributed by atoms with E-state index in [0.29, 0.717) is 5.56 Å². The molecule has 5 aliphatic heterocycles. The summed E-state index contributed by atoms with van der Waals surface area (Å²) in [6.07, 6.45) is -41.1. The number of nitrogens with one attached hydrogen (secondary N) is 1. The lowest BCUT2D eigenvalue weighted by Crippen LogP contribution is -2.72. The van der Waals surface area contributed by atoms with E-state index in [-0.39, 0.29) is 75.7 Å². The van der Waals surface area contributed by atoms with Crippen molar-refractivity contribution in [3.63, 3.8) is 0 Å². The third kappa shape index (κ3) is 26.2. The van der Waals surface area contributed by atoms with Crippen LogP contribution in [-0.4, -0.2) is 219 Å². The zero-order valence-corrected chi connectivity index (χ0v) is 75.7. The average Bonchev–Trinajstić information content (AvgIpc) is 0.743. The van der Waals surface area contributed by atoms with Gasteiger partial charge in [-0.15, -0.1) is 0 Å². The van der Waals surface area contributed by atoms with E-state index < -0.39 is 225 Å². The summed E-state index contributed by atoms with van der Waals surface area (Å²) in [5.41, 5.74) is -0.237. The zero-order chi connectivity index (χ0) is 93.5. The number of rotatable bonds is 30. The molecule has 1 N–H and O–H groups in total. The lowest BCUT2D eigenvalue weighted by molar-refractivity contribution is -0.396. The highest BCUT2D eigenvalue weighted by molar-refractivity contribution is 6.76. The Morgan fingerprint density at radius 2 is 0.679 bits per heavy atom. The minimum Gasteiger partial charge on any atom is -0.463 e. The van der Waals surface area contributed by atoms with Crippen molar-refractivity contribution >= 4 is 170 Å². The van der Waals surface area contributed by atoms with Gasteiger partial charge in [-0.1, -0.05) is 165 Å². The highest BCUT2D eigenvalue weighted by Crippen LogP contribution is 2.44. The summed E-state index contributed by atoms with van der Waals surface area (Å²) in [5, 5.41) is 3.76. The Labute approximate surface area is 791 Å². The number of fused-ring (bicyclic) bond motifs is 1. The van der Waals surface area contributed by atoms with Gasteiger partial charge < -0.3 is 100 Å². The molecule has 5 heterocycles. The Kier molecular flexibility index (Phi) is 34.1. The van der Waals surface area contributed by atoms with E-state index in [1.807, 2.05) is 0 Å². The largest absolute Gasteiger partial charge is 0.463 e. The molecule has 692 valence electrons. The minimum atomic E-state index is -3.01. The van der Waals surface area contributed by atoms with Crippen LogP contribution in [0.5, 0.6) is 0 Å². The number of carbonyl (C=O) groups excluding carboxylic acids is 11. The van der Waals surface area contributed by atoms with Gasteiger partial charge in [0.2, 0.25) is 0 Å². The number of alkyl halides is 3. The van der Waals surface area contributed by atoms with Crippen LogP contribution in [-0.2, 0) is 125 Å². The van der Waals surface area contributed by atoms with Crippen LogP contribution in [0.1, 0.15) is 107 Å². The molecular formula is C90H78Cl9NO31. The summed E-state index contributed by atoms with van der Waals surface area (Å²) in [5.74, 6) is -12.6. The van der Waals surface area contributed by atoms with Crippen LogP contribution in [0.4, 0.5) is 0 Å². The molecule has 5 saturated heterocycles. The van der Waals surface area contributed by atoms with E-state index in [2.05, 4.69) is 5.32 Å². The third-order valence-electron chi connectivity index (χ3n) is 20.4. The molecule has 41 heteroatoms. The van der Waals surface area contributed by atoms with Gasteiger partial charge in [-0.2, -0.15) is 0 Å². The van der Waals surface area contributed by atoms with Crippen LogP contribution in [0.2, 0.25) is 30.1 Å². The fourth-order valence-corrected chi connectivity index (χ4v) is 15.3. The zero-order valence-electron chi connectivity index (χ0n) is 68.8. The lowest BCUT2D eigenvalue weighted by Gasteiger charge is -2.53. The van der Waals surface area contributed by atoms with E-state index in [1.165, 1.54) is 170 Å². The molecule has 0 bridgehead atoms. The van der Waals surface area contributed by atoms with E-state index in [0.717, 1.165) is 27.7 Å². The highest BCUT2D eigenvalue weighted by Gasteiger charge is 2.63. The molecule has 0 unspecified atom stereocenters. The van der Waals surface area contributed by atoms with Crippen LogP contribution in [0.3, 0.4) is 0 Å². The molecule has 131 heavy (non-hydrogen) atoms. The van der Waals surface area contributed by atoms with E-state index >= 15 is 24.0 Å².